The first-order chi connectivity index (χ1) is 8.34. The summed E-state index contributed by atoms with van der Waals surface area (Å²) in [6, 6.07) is 1.80. The average molecular weight is 254 g/mol. The third-order valence-corrected chi connectivity index (χ3v) is 3.16. The van der Waals surface area contributed by atoms with E-state index in [1.807, 2.05) is 6.20 Å². The lowest BCUT2D eigenvalue weighted by Gasteiger charge is -2.04. The first-order valence-electron chi connectivity index (χ1n) is 6.47. The van der Waals surface area contributed by atoms with E-state index >= 15 is 0 Å². The number of rotatable bonds is 9. The van der Waals surface area contributed by atoms with Gasteiger partial charge in [-0.15, -0.1) is 0 Å². The van der Waals surface area contributed by atoms with E-state index in [2.05, 4.69) is 17.6 Å². The highest BCUT2D eigenvalue weighted by Gasteiger charge is 1.95. The molecule has 0 bridgehead atoms. The number of nitrogens with zero attached hydrogens (tertiary/aromatic N) is 2. The summed E-state index contributed by atoms with van der Waals surface area (Å²) >= 11 is 4.19. The Kier molecular flexibility index (Phi) is 7.80. The second-order valence-corrected chi connectivity index (χ2v) is 4.74. The predicted octanol–water partition coefficient (Wildman–Crippen LogP) is 2.90. The lowest BCUT2D eigenvalue weighted by molar-refractivity contribution is 0.538. The van der Waals surface area contributed by atoms with Gasteiger partial charge >= 0.3 is 5.69 Å². The highest BCUT2D eigenvalue weighted by atomic mass is 32.1. The van der Waals surface area contributed by atoms with Gasteiger partial charge in [0.1, 0.15) is 0 Å². The summed E-state index contributed by atoms with van der Waals surface area (Å²) in [4.78, 5) is 15.0. The van der Waals surface area contributed by atoms with Gasteiger partial charge in [0.2, 0.25) is 0 Å². The first-order valence-corrected chi connectivity index (χ1v) is 7.10. The first kappa shape index (κ1) is 14.3. The van der Waals surface area contributed by atoms with Gasteiger partial charge in [0.15, 0.2) is 0 Å². The molecular weight excluding hydrogens is 232 g/mol. The quantitative estimate of drug-likeness (QED) is 0.543. The second kappa shape index (κ2) is 9.28. The van der Waals surface area contributed by atoms with Crippen molar-refractivity contribution in [3.8, 4) is 0 Å². The molecule has 1 heterocycles. The number of aromatic nitrogens is 2. The number of hydrogen-bond donors (Lipinski definition) is 1. The monoisotopic (exact) mass is 254 g/mol. The van der Waals surface area contributed by atoms with Gasteiger partial charge in [-0.1, -0.05) is 32.1 Å². The van der Waals surface area contributed by atoms with Crippen LogP contribution in [0.2, 0.25) is 0 Å². The van der Waals surface area contributed by atoms with Crippen molar-refractivity contribution in [3.05, 3.63) is 28.9 Å². The Morgan fingerprint density at radius 1 is 1.06 bits per heavy atom. The van der Waals surface area contributed by atoms with Crippen molar-refractivity contribution in [3.63, 3.8) is 0 Å². The third-order valence-electron chi connectivity index (χ3n) is 2.84. The van der Waals surface area contributed by atoms with Crippen LogP contribution in [0.5, 0.6) is 0 Å². The molecule has 0 saturated carbocycles. The largest absolute Gasteiger partial charge is 0.347 e. The highest BCUT2D eigenvalue weighted by molar-refractivity contribution is 7.80. The van der Waals surface area contributed by atoms with Crippen LogP contribution in [0.15, 0.2) is 23.3 Å². The van der Waals surface area contributed by atoms with Crippen molar-refractivity contribution in [2.75, 3.05) is 5.75 Å². The standard InChI is InChI=1S/C13H22N2OS/c16-13-14-9-8-11-15(13)10-6-4-2-1-3-5-7-12-17/h8-9,11,17H,1-7,10,12H2. The summed E-state index contributed by atoms with van der Waals surface area (Å²) < 4.78 is 1.68. The average Bonchev–Trinajstić information content (AvgIpc) is 2.35. The van der Waals surface area contributed by atoms with E-state index < -0.39 is 0 Å². The van der Waals surface area contributed by atoms with Gasteiger partial charge in [-0.3, -0.25) is 4.57 Å². The van der Waals surface area contributed by atoms with Crippen LogP contribution >= 0.6 is 12.6 Å². The molecule has 4 heteroatoms. The van der Waals surface area contributed by atoms with Crippen LogP contribution in [0.4, 0.5) is 0 Å². The van der Waals surface area contributed by atoms with Crippen LogP contribution in [-0.4, -0.2) is 15.3 Å². The molecular formula is C13H22N2OS. The molecule has 0 spiro atoms. The number of thiol groups is 1. The minimum atomic E-state index is -0.138. The van der Waals surface area contributed by atoms with Crippen molar-refractivity contribution >= 4 is 12.6 Å². The Bertz CT molecular complexity index is 351. The van der Waals surface area contributed by atoms with Gasteiger partial charge in [-0.2, -0.15) is 12.6 Å². The maximum atomic E-state index is 11.3. The van der Waals surface area contributed by atoms with Crippen LogP contribution in [-0.2, 0) is 6.54 Å². The summed E-state index contributed by atoms with van der Waals surface area (Å²) in [5, 5.41) is 0. The van der Waals surface area contributed by atoms with Crippen molar-refractivity contribution in [2.45, 2.75) is 51.5 Å². The Labute approximate surface area is 109 Å². The fourth-order valence-electron chi connectivity index (χ4n) is 1.84. The fourth-order valence-corrected chi connectivity index (χ4v) is 2.06. The molecule has 0 aliphatic carbocycles. The van der Waals surface area contributed by atoms with Gasteiger partial charge in [0, 0.05) is 18.9 Å². The van der Waals surface area contributed by atoms with Crippen molar-refractivity contribution in [1.29, 1.82) is 0 Å². The lowest BCUT2D eigenvalue weighted by atomic mass is 10.1. The smallest absolute Gasteiger partial charge is 0.299 e. The maximum Gasteiger partial charge on any atom is 0.347 e. The molecule has 1 aromatic heterocycles. The van der Waals surface area contributed by atoms with E-state index in [-0.39, 0.29) is 5.69 Å². The van der Waals surface area contributed by atoms with Crippen molar-refractivity contribution in [1.82, 2.24) is 9.55 Å². The van der Waals surface area contributed by atoms with Crippen molar-refractivity contribution < 1.29 is 0 Å². The summed E-state index contributed by atoms with van der Waals surface area (Å²) in [7, 11) is 0. The topological polar surface area (TPSA) is 34.9 Å². The van der Waals surface area contributed by atoms with Gasteiger partial charge in [0.25, 0.3) is 0 Å². The summed E-state index contributed by atoms with van der Waals surface area (Å²) in [5.41, 5.74) is -0.138. The zero-order valence-electron chi connectivity index (χ0n) is 10.3. The Balaban J connectivity index is 2.01. The van der Waals surface area contributed by atoms with E-state index in [0.29, 0.717) is 0 Å². The molecule has 96 valence electrons. The Hall–Kier alpha value is -0.770. The molecule has 0 aliphatic rings. The number of unbranched alkanes of at least 4 members (excludes halogenated alkanes) is 6. The summed E-state index contributed by atoms with van der Waals surface area (Å²) in [6.07, 6.45) is 12.0. The van der Waals surface area contributed by atoms with E-state index in [1.165, 1.54) is 38.5 Å². The second-order valence-electron chi connectivity index (χ2n) is 4.29. The molecule has 0 aromatic carbocycles. The molecule has 0 saturated heterocycles. The zero-order chi connectivity index (χ0) is 12.3. The molecule has 17 heavy (non-hydrogen) atoms. The van der Waals surface area contributed by atoms with Crippen LogP contribution < -0.4 is 5.69 Å². The molecule has 3 nitrogen and oxygen atoms in total. The Morgan fingerprint density at radius 3 is 2.35 bits per heavy atom. The molecule has 0 unspecified atom stereocenters. The van der Waals surface area contributed by atoms with Crippen LogP contribution in [0.25, 0.3) is 0 Å². The molecule has 0 aliphatic heterocycles. The lowest BCUT2D eigenvalue weighted by Crippen LogP contribution is -2.21. The van der Waals surface area contributed by atoms with Crippen LogP contribution in [0, 0.1) is 0 Å². The zero-order valence-corrected chi connectivity index (χ0v) is 11.2. The summed E-state index contributed by atoms with van der Waals surface area (Å²) in [6.45, 7) is 0.795. The third kappa shape index (κ3) is 6.51. The molecule has 0 radical (unpaired) electrons. The summed E-state index contributed by atoms with van der Waals surface area (Å²) in [5.74, 6) is 1.00. The predicted molar refractivity (Wildman–Crippen MR) is 74.7 cm³/mol. The minimum Gasteiger partial charge on any atom is -0.299 e. The van der Waals surface area contributed by atoms with Crippen LogP contribution in [0.3, 0.4) is 0 Å². The number of aryl methyl sites for hydroxylation is 1. The number of hydrogen-bond acceptors (Lipinski definition) is 3. The van der Waals surface area contributed by atoms with Gasteiger partial charge < -0.3 is 0 Å². The molecule has 0 amide bonds. The normalized spacial score (nSPS) is 10.6. The van der Waals surface area contributed by atoms with Crippen LogP contribution in [0.1, 0.15) is 44.9 Å². The minimum absolute atomic E-state index is 0.138. The van der Waals surface area contributed by atoms with E-state index in [4.69, 9.17) is 0 Å². The van der Waals surface area contributed by atoms with E-state index in [1.54, 1.807) is 16.8 Å². The molecule has 1 rings (SSSR count). The highest BCUT2D eigenvalue weighted by Crippen LogP contribution is 2.07. The van der Waals surface area contributed by atoms with Gasteiger partial charge in [0.05, 0.1) is 0 Å². The molecule has 0 fully saturated rings. The van der Waals surface area contributed by atoms with Gasteiger partial charge in [-0.05, 0) is 24.7 Å². The maximum absolute atomic E-state index is 11.3. The SMILES string of the molecule is O=c1ncccn1CCCCCCCCCS. The molecule has 0 atom stereocenters. The fraction of sp³-hybridized carbons (Fsp3) is 0.692. The van der Waals surface area contributed by atoms with Crippen molar-refractivity contribution in [2.24, 2.45) is 0 Å². The Morgan fingerprint density at radius 2 is 1.71 bits per heavy atom. The van der Waals surface area contributed by atoms with E-state index in [9.17, 15) is 4.79 Å². The van der Waals surface area contributed by atoms with Gasteiger partial charge in [-0.25, -0.2) is 9.78 Å². The molecule has 1 aromatic rings. The molecule has 0 N–H and O–H groups in total. The van der Waals surface area contributed by atoms with E-state index in [0.717, 1.165) is 18.7 Å².